The normalized spacial score (nSPS) is 14.3. The smallest absolute Gasteiger partial charge is 0.186 e. The zero-order valence-corrected chi connectivity index (χ0v) is 14.3. The monoisotopic (exact) mass is 291 g/mol. The van der Waals surface area contributed by atoms with Crippen LogP contribution in [-0.4, -0.2) is 35.4 Å². The van der Waals surface area contributed by atoms with Crippen LogP contribution in [0.1, 0.15) is 58.3 Å². The predicted octanol–water partition coefficient (Wildman–Crippen LogP) is 4.17. The molecule has 0 amide bonds. The Morgan fingerprint density at radius 1 is 1.19 bits per heavy atom. The van der Waals surface area contributed by atoms with Crippen LogP contribution in [0, 0.1) is 0 Å². The van der Waals surface area contributed by atoms with Gasteiger partial charge in [-0.05, 0) is 52.4 Å². The third kappa shape index (κ3) is 3.85. The molecule has 0 aromatic heterocycles. The van der Waals surface area contributed by atoms with Gasteiger partial charge >= 0.3 is 0 Å². The number of carbonyl (C=O) groups is 1. The molecule has 0 fully saturated rings. The number of para-hydroxylation sites is 1. The molecule has 1 rings (SSSR count). The summed E-state index contributed by atoms with van der Waals surface area (Å²) in [6, 6.07) is 7.57. The van der Waals surface area contributed by atoms with Gasteiger partial charge in [0.15, 0.2) is 5.78 Å². The van der Waals surface area contributed by atoms with E-state index in [0.717, 1.165) is 19.5 Å². The van der Waals surface area contributed by atoms with Crippen LogP contribution >= 0.6 is 0 Å². The average Bonchev–Trinajstić information content (AvgIpc) is 2.47. The van der Waals surface area contributed by atoms with Gasteiger partial charge in [-0.15, -0.1) is 0 Å². The van der Waals surface area contributed by atoms with Crippen molar-refractivity contribution in [2.75, 3.05) is 13.1 Å². The number of ketones is 1. The second kappa shape index (κ2) is 7.60. The Balaban J connectivity index is 3.22. The van der Waals surface area contributed by atoms with Gasteiger partial charge in [0.25, 0.3) is 0 Å². The number of rotatable bonds is 8. The van der Waals surface area contributed by atoms with Crippen LogP contribution in [0.25, 0.3) is 0 Å². The molecule has 0 aliphatic carbocycles. The van der Waals surface area contributed by atoms with Gasteiger partial charge in [-0.1, -0.05) is 32.9 Å². The van der Waals surface area contributed by atoms with Crippen molar-refractivity contribution >= 4 is 5.78 Å². The zero-order valence-electron chi connectivity index (χ0n) is 14.3. The lowest BCUT2D eigenvalue weighted by Crippen LogP contribution is -2.52. The molecule has 0 saturated heterocycles. The minimum atomic E-state index is -0.486. The maximum Gasteiger partial charge on any atom is 0.186 e. The largest absolute Gasteiger partial charge is 0.490 e. The van der Waals surface area contributed by atoms with Gasteiger partial charge in [0.2, 0.25) is 0 Å². The van der Waals surface area contributed by atoms with E-state index in [1.54, 1.807) is 0 Å². The highest BCUT2D eigenvalue weighted by Gasteiger charge is 2.37. The summed E-state index contributed by atoms with van der Waals surface area (Å²) < 4.78 is 5.81. The van der Waals surface area contributed by atoms with Gasteiger partial charge in [-0.25, -0.2) is 0 Å². The van der Waals surface area contributed by atoms with Gasteiger partial charge in [0.1, 0.15) is 5.75 Å². The lowest BCUT2D eigenvalue weighted by atomic mass is 9.86. The summed E-state index contributed by atoms with van der Waals surface area (Å²) in [5, 5.41) is 0. The number of hydrogen-bond acceptors (Lipinski definition) is 3. The van der Waals surface area contributed by atoms with E-state index in [0.29, 0.717) is 11.3 Å². The van der Waals surface area contributed by atoms with Crippen LogP contribution < -0.4 is 4.74 Å². The van der Waals surface area contributed by atoms with Crippen molar-refractivity contribution in [3.63, 3.8) is 0 Å². The Morgan fingerprint density at radius 3 is 2.24 bits per heavy atom. The number of benzene rings is 1. The van der Waals surface area contributed by atoms with Crippen molar-refractivity contribution in [1.29, 1.82) is 0 Å². The highest BCUT2D eigenvalue weighted by atomic mass is 16.5. The Morgan fingerprint density at radius 2 is 1.76 bits per heavy atom. The summed E-state index contributed by atoms with van der Waals surface area (Å²) in [5.41, 5.74) is 0.197. The third-order valence-corrected chi connectivity index (χ3v) is 4.13. The summed E-state index contributed by atoms with van der Waals surface area (Å²) in [6.45, 7) is 14.0. The van der Waals surface area contributed by atoms with Crippen molar-refractivity contribution in [3.05, 3.63) is 29.8 Å². The van der Waals surface area contributed by atoms with E-state index in [1.807, 2.05) is 45.0 Å². The summed E-state index contributed by atoms with van der Waals surface area (Å²) in [4.78, 5) is 15.4. The highest BCUT2D eigenvalue weighted by Crippen LogP contribution is 2.29. The SMILES string of the molecule is CCN(CC)C(C)(CC)C(=O)c1ccccc1OC(C)C. The maximum absolute atomic E-state index is 13.1. The van der Waals surface area contributed by atoms with Crippen molar-refractivity contribution in [2.45, 2.75) is 59.6 Å². The van der Waals surface area contributed by atoms with Crippen LogP contribution in [0.5, 0.6) is 5.75 Å². The van der Waals surface area contributed by atoms with Gasteiger partial charge in [-0.3, -0.25) is 9.69 Å². The molecule has 1 atom stereocenters. The number of carbonyl (C=O) groups excluding carboxylic acids is 1. The molecule has 118 valence electrons. The molecule has 0 aliphatic rings. The predicted molar refractivity (Wildman–Crippen MR) is 88.2 cm³/mol. The molecule has 0 N–H and O–H groups in total. The first kappa shape index (κ1) is 17.7. The molecule has 0 saturated carbocycles. The number of likely N-dealkylation sites (N-methyl/N-ethyl adjacent to an activating group) is 1. The van der Waals surface area contributed by atoms with E-state index < -0.39 is 5.54 Å². The average molecular weight is 291 g/mol. The number of hydrogen-bond donors (Lipinski definition) is 0. The number of Topliss-reactive ketones (excluding diaryl/α,β-unsaturated/α-hetero) is 1. The third-order valence-electron chi connectivity index (χ3n) is 4.13. The summed E-state index contributed by atoms with van der Waals surface area (Å²) in [7, 11) is 0. The minimum Gasteiger partial charge on any atom is -0.490 e. The first-order valence-corrected chi connectivity index (χ1v) is 7.96. The van der Waals surface area contributed by atoms with Crippen molar-refractivity contribution in [2.24, 2.45) is 0 Å². The van der Waals surface area contributed by atoms with E-state index in [2.05, 4.69) is 25.7 Å². The number of nitrogens with zero attached hydrogens (tertiary/aromatic N) is 1. The Labute approximate surface area is 129 Å². The standard InChI is InChI=1S/C18H29NO2/c1-7-18(6,19(8-2)9-3)17(20)15-12-10-11-13-16(15)21-14(4)5/h10-14H,7-9H2,1-6H3. The molecule has 0 heterocycles. The summed E-state index contributed by atoms with van der Waals surface area (Å²) >= 11 is 0. The highest BCUT2D eigenvalue weighted by molar-refractivity contribution is 6.05. The van der Waals surface area contributed by atoms with Gasteiger partial charge < -0.3 is 4.74 Å². The maximum atomic E-state index is 13.1. The van der Waals surface area contributed by atoms with E-state index in [1.165, 1.54) is 0 Å². The van der Waals surface area contributed by atoms with Crippen molar-refractivity contribution < 1.29 is 9.53 Å². The first-order valence-electron chi connectivity index (χ1n) is 7.96. The summed E-state index contributed by atoms with van der Waals surface area (Å²) in [6.07, 6.45) is 0.837. The van der Waals surface area contributed by atoms with Crippen LogP contribution in [0.4, 0.5) is 0 Å². The topological polar surface area (TPSA) is 29.5 Å². The molecule has 3 heteroatoms. The molecular weight excluding hydrogens is 262 g/mol. The van der Waals surface area contributed by atoms with E-state index in [-0.39, 0.29) is 11.9 Å². The molecule has 0 bridgehead atoms. The Kier molecular flexibility index (Phi) is 6.41. The molecule has 1 aromatic carbocycles. The number of ether oxygens (including phenoxy) is 1. The summed E-state index contributed by atoms with van der Waals surface area (Å²) in [5.74, 6) is 0.828. The van der Waals surface area contributed by atoms with E-state index in [4.69, 9.17) is 4.74 Å². The van der Waals surface area contributed by atoms with Crippen LogP contribution in [0.15, 0.2) is 24.3 Å². The lowest BCUT2D eigenvalue weighted by molar-refractivity contribution is 0.0602. The second-order valence-corrected chi connectivity index (χ2v) is 5.79. The molecular formula is C18H29NO2. The van der Waals surface area contributed by atoms with Crippen molar-refractivity contribution in [1.82, 2.24) is 4.90 Å². The minimum absolute atomic E-state index is 0.0558. The quantitative estimate of drug-likeness (QED) is 0.673. The second-order valence-electron chi connectivity index (χ2n) is 5.79. The molecule has 0 aliphatic heterocycles. The van der Waals surface area contributed by atoms with Gasteiger partial charge in [0.05, 0.1) is 17.2 Å². The van der Waals surface area contributed by atoms with Crippen LogP contribution in [-0.2, 0) is 0 Å². The lowest BCUT2D eigenvalue weighted by Gasteiger charge is -2.38. The Bertz CT molecular complexity index is 466. The molecule has 1 unspecified atom stereocenters. The molecule has 0 radical (unpaired) electrons. The van der Waals surface area contributed by atoms with Gasteiger partial charge in [-0.2, -0.15) is 0 Å². The fraction of sp³-hybridized carbons (Fsp3) is 0.611. The fourth-order valence-corrected chi connectivity index (χ4v) is 2.75. The first-order chi connectivity index (χ1) is 9.90. The zero-order chi connectivity index (χ0) is 16.0. The van der Waals surface area contributed by atoms with E-state index >= 15 is 0 Å². The molecule has 21 heavy (non-hydrogen) atoms. The van der Waals surface area contributed by atoms with Gasteiger partial charge in [0, 0.05) is 0 Å². The van der Waals surface area contributed by atoms with E-state index in [9.17, 15) is 4.79 Å². The molecule has 0 spiro atoms. The molecule has 1 aromatic rings. The molecule has 3 nitrogen and oxygen atoms in total. The van der Waals surface area contributed by atoms with Crippen LogP contribution in [0.3, 0.4) is 0 Å². The Hall–Kier alpha value is -1.35. The van der Waals surface area contributed by atoms with Crippen LogP contribution in [0.2, 0.25) is 0 Å². The van der Waals surface area contributed by atoms with Crippen molar-refractivity contribution in [3.8, 4) is 5.75 Å². The fourth-order valence-electron chi connectivity index (χ4n) is 2.75.